The van der Waals surface area contributed by atoms with Crippen molar-refractivity contribution in [2.24, 2.45) is 0 Å². The minimum Gasteiger partial charge on any atom is -0.461 e. The summed E-state index contributed by atoms with van der Waals surface area (Å²) in [5, 5.41) is 2.54. The molecule has 0 aliphatic heterocycles. The van der Waals surface area contributed by atoms with E-state index in [1.165, 1.54) is 6.92 Å². The highest BCUT2D eigenvalue weighted by molar-refractivity contribution is 9.10. The lowest BCUT2D eigenvalue weighted by molar-refractivity contribution is -0.697. The maximum Gasteiger partial charge on any atom is 0.407 e. The van der Waals surface area contributed by atoms with Gasteiger partial charge in [0.15, 0.2) is 12.4 Å². The number of amides is 2. The summed E-state index contributed by atoms with van der Waals surface area (Å²) >= 11 is 3.47. The van der Waals surface area contributed by atoms with Gasteiger partial charge in [0.25, 0.3) is 5.91 Å². The third-order valence-electron chi connectivity index (χ3n) is 4.38. The summed E-state index contributed by atoms with van der Waals surface area (Å²) in [6.07, 6.45) is 3.57. The van der Waals surface area contributed by atoms with Crippen LogP contribution in [-0.4, -0.2) is 43.8 Å². The molecule has 1 N–H and O–H groups in total. The van der Waals surface area contributed by atoms with Crippen molar-refractivity contribution in [3.05, 3.63) is 58.8 Å². The summed E-state index contributed by atoms with van der Waals surface area (Å²) in [4.78, 5) is 37.8. The molecule has 32 heavy (non-hydrogen) atoms. The molecule has 8 nitrogen and oxygen atoms in total. The molecule has 1 aromatic carbocycles. The fourth-order valence-electron chi connectivity index (χ4n) is 3.05. The first kappa shape index (κ1) is 25.3. The summed E-state index contributed by atoms with van der Waals surface area (Å²) < 4.78 is 12.9. The van der Waals surface area contributed by atoms with Gasteiger partial charge in [0.2, 0.25) is 0 Å². The number of carbonyl (C=O) groups excluding carboxylic acids is 3. The number of nitrogens with zero attached hydrogens (tertiary/aromatic N) is 2. The van der Waals surface area contributed by atoms with Crippen LogP contribution in [0.4, 0.5) is 10.5 Å². The number of nitrogens with one attached hydrogen (secondary N) is 1. The fourth-order valence-corrected chi connectivity index (χ4v) is 3.56. The zero-order valence-electron chi connectivity index (χ0n) is 18.5. The SMILES string of the molecule is CCC[n+]1cc(Br)cc(C(=O)N(CCOC(=O)NCC(C)OC(C)=O)c2ccccc2)c1. The number of rotatable bonds is 10. The Kier molecular flexibility index (Phi) is 10.1. The average Bonchev–Trinajstić information content (AvgIpc) is 2.75. The monoisotopic (exact) mass is 506 g/mol. The van der Waals surface area contributed by atoms with Crippen molar-refractivity contribution in [3.63, 3.8) is 0 Å². The van der Waals surface area contributed by atoms with Crippen LogP contribution in [0.25, 0.3) is 0 Å². The van der Waals surface area contributed by atoms with Gasteiger partial charge < -0.3 is 19.7 Å². The molecule has 1 atom stereocenters. The first-order valence-corrected chi connectivity index (χ1v) is 11.2. The number of pyridine rings is 1. The second-order valence-corrected chi connectivity index (χ2v) is 8.13. The first-order chi connectivity index (χ1) is 15.3. The molecule has 9 heteroatoms. The minimum absolute atomic E-state index is 0.00260. The van der Waals surface area contributed by atoms with E-state index in [4.69, 9.17) is 9.47 Å². The maximum atomic E-state index is 13.3. The zero-order chi connectivity index (χ0) is 23.5. The van der Waals surface area contributed by atoms with Gasteiger partial charge in [0, 0.05) is 19.0 Å². The molecule has 1 unspecified atom stereocenters. The van der Waals surface area contributed by atoms with Crippen LogP contribution in [0.2, 0.25) is 0 Å². The predicted octanol–water partition coefficient (Wildman–Crippen LogP) is 3.47. The van der Waals surface area contributed by atoms with Crippen molar-refractivity contribution in [2.75, 3.05) is 24.6 Å². The normalized spacial score (nSPS) is 11.4. The zero-order valence-corrected chi connectivity index (χ0v) is 20.1. The molecular formula is C23H29BrN3O5+. The highest BCUT2D eigenvalue weighted by atomic mass is 79.9. The van der Waals surface area contributed by atoms with Gasteiger partial charge in [-0.05, 0) is 41.1 Å². The molecule has 0 radical (unpaired) electrons. The number of benzene rings is 1. The van der Waals surface area contributed by atoms with E-state index in [0.717, 1.165) is 17.4 Å². The summed E-state index contributed by atoms with van der Waals surface area (Å²) in [5.74, 6) is -0.618. The van der Waals surface area contributed by atoms with E-state index in [0.29, 0.717) is 11.3 Å². The summed E-state index contributed by atoms with van der Waals surface area (Å²) in [5.41, 5.74) is 1.23. The minimum atomic E-state index is -0.646. The lowest BCUT2D eigenvalue weighted by Gasteiger charge is -2.22. The Balaban J connectivity index is 2.05. The Hall–Kier alpha value is -2.94. The summed E-state index contributed by atoms with van der Waals surface area (Å²) in [6, 6.07) is 11.0. The van der Waals surface area contributed by atoms with Crippen molar-refractivity contribution in [1.82, 2.24) is 5.32 Å². The number of hydrogen-bond acceptors (Lipinski definition) is 5. The molecule has 0 bridgehead atoms. The van der Waals surface area contributed by atoms with Crippen LogP contribution in [0, 0.1) is 0 Å². The van der Waals surface area contributed by atoms with Gasteiger partial charge in [0.1, 0.15) is 24.8 Å². The van der Waals surface area contributed by atoms with E-state index < -0.39 is 18.2 Å². The van der Waals surface area contributed by atoms with Crippen molar-refractivity contribution in [1.29, 1.82) is 0 Å². The Morgan fingerprint density at radius 1 is 1.19 bits per heavy atom. The maximum absolute atomic E-state index is 13.3. The molecule has 0 saturated carbocycles. The first-order valence-electron chi connectivity index (χ1n) is 10.4. The largest absolute Gasteiger partial charge is 0.461 e. The van der Waals surface area contributed by atoms with E-state index in [1.54, 1.807) is 17.9 Å². The van der Waals surface area contributed by atoms with Crippen LogP contribution in [-0.2, 0) is 20.8 Å². The molecule has 0 saturated heterocycles. The number of anilines is 1. The Labute approximate surface area is 196 Å². The van der Waals surface area contributed by atoms with Gasteiger partial charge >= 0.3 is 12.1 Å². The molecule has 1 heterocycles. The quantitative estimate of drug-likeness (QED) is 0.393. The highest BCUT2D eigenvalue weighted by Crippen LogP contribution is 2.18. The van der Waals surface area contributed by atoms with Crippen LogP contribution < -0.4 is 14.8 Å². The number of carbonyl (C=O) groups is 3. The molecule has 2 amide bonds. The Bertz CT molecular complexity index is 923. The van der Waals surface area contributed by atoms with Gasteiger partial charge in [-0.3, -0.25) is 9.59 Å². The fraction of sp³-hybridized carbons (Fsp3) is 0.391. The number of ether oxygens (including phenoxy) is 2. The Morgan fingerprint density at radius 3 is 2.56 bits per heavy atom. The van der Waals surface area contributed by atoms with Gasteiger partial charge in [-0.1, -0.05) is 25.1 Å². The van der Waals surface area contributed by atoms with Crippen LogP contribution in [0.5, 0.6) is 0 Å². The van der Waals surface area contributed by atoms with E-state index in [1.807, 2.05) is 47.3 Å². The third-order valence-corrected chi connectivity index (χ3v) is 4.81. The van der Waals surface area contributed by atoms with Gasteiger partial charge in [-0.25, -0.2) is 9.36 Å². The molecule has 0 fully saturated rings. The molecule has 0 aliphatic rings. The number of aromatic nitrogens is 1. The van der Waals surface area contributed by atoms with Crippen molar-refractivity contribution in [2.45, 2.75) is 39.8 Å². The van der Waals surface area contributed by atoms with Crippen LogP contribution >= 0.6 is 15.9 Å². The Morgan fingerprint density at radius 2 is 1.91 bits per heavy atom. The van der Waals surface area contributed by atoms with Crippen LogP contribution in [0.1, 0.15) is 37.6 Å². The summed E-state index contributed by atoms with van der Waals surface area (Å²) in [6.45, 7) is 6.14. The van der Waals surface area contributed by atoms with Gasteiger partial charge in [-0.15, -0.1) is 0 Å². The standard InChI is InChI=1S/C23H28BrN3O5/c1-4-10-26-15-19(13-20(24)16-26)22(29)27(21-8-6-5-7-9-21)11-12-31-23(30)25-14-17(2)32-18(3)28/h5-9,13,15-17H,4,10-12,14H2,1-3H3/p+1. The third kappa shape index (κ3) is 8.30. The van der Waals surface area contributed by atoms with Crippen molar-refractivity contribution in [3.8, 4) is 0 Å². The van der Waals surface area contributed by atoms with E-state index in [9.17, 15) is 14.4 Å². The predicted molar refractivity (Wildman–Crippen MR) is 123 cm³/mol. The number of para-hydroxylation sites is 1. The smallest absolute Gasteiger partial charge is 0.407 e. The van der Waals surface area contributed by atoms with E-state index in [2.05, 4.69) is 28.2 Å². The van der Waals surface area contributed by atoms with Gasteiger partial charge in [-0.2, -0.15) is 0 Å². The second kappa shape index (κ2) is 12.8. The topological polar surface area (TPSA) is 88.8 Å². The molecule has 1 aromatic heterocycles. The second-order valence-electron chi connectivity index (χ2n) is 7.21. The van der Waals surface area contributed by atoms with Crippen molar-refractivity contribution < 1.29 is 28.4 Å². The molecule has 0 aliphatic carbocycles. The molecule has 2 rings (SSSR count). The van der Waals surface area contributed by atoms with Crippen LogP contribution in [0.15, 0.2) is 53.3 Å². The molecule has 0 spiro atoms. The lowest BCUT2D eigenvalue weighted by Crippen LogP contribution is -2.39. The van der Waals surface area contributed by atoms with E-state index in [-0.39, 0.29) is 25.6 Å². The highest BCUT2D eigenvalue weighted by Gasteiger charge is 2.21. The number of alkyl carbamates (subject to hydrolysis) is 1. The van der Waals surface area contributed by atoms with Crippen molar-refractivity contribution >= 4 is 39.6 Å². The average molecular weight is 507 g/mol. The lowest BCUT2D eigenvalue weighted by atomic mass is 10.2. The number of aryl methyl sites for hydroxylation is 1. The number of esters is 1. The molecule has 2 aromatic rings. The molecule has 172 valence electrons. The number of hydrogen-bond donors (Lipinski definition) is 1. The van der Waals surface area contributed by atoms with Crippen LogP contribution in [0.3, 0.4) is 0 Å². The van der Waals surface area contributed by atoms with Gasteiger partial charge in [0.05, 0.1) is 17.6 Å². The summed E-state index contributed by atoms with van der Waals surface area (Å²) in [7, 11) is 0. The number of halogens is 1. The van der Waals surface area contributed by atoms with E-state index >= 15 is 0 Å². The molecular weight excluding hydrogens is 478 g/mol.